The van der Waals surface area contributed by atoms with Gasteiger partial charge in [0.2, 0.25) is 0 Å². The van der Waals surface area contributed by atoms with Gasteiger partial charge >= 0.3 is 0 Å². The van der Waals surface area contributed by atoms with E-state index < -0.39 is 0 Å². The third-order valence-electron chi connectivity index (χ3n) is 4.33. The van der Waals surface area contributed by atoms with Gasteiger partial charge < -0.3 is 15.4 Å². The maximum absolute atomic E-state index is 12.7. The second-order valence-corrected chi connectivity index (χ2v) is 6.36. The van der Waals surface area contributed by atoms with Gasteiger partial charge in [-0.2, -0.15) is 0 Å². The predicted molar refractivity (Wildman–Crippen MR) is 110 cm³/mol. The largest absolute Gasteiger partial charge is 0.496 e. The van der Waals surface area contributed by atoms with E-state index in [1.54, 1.807) is 43.5 Å². The number of rotatable bonds is 6. The first kappa shape index (κ1) is 19.2. The number of amides is 2. The number of nitrogens with one attached hydrogen (secondary N) is 2. The SMILES string of the molecule is COc1ccccc1CNC(=O)c1ccccc1NC(=O)c1cccc(C)c1. The van der Waals surface area contributed by atoms with Gasteiger partial charge in [-0.05, 0) is 37.3 Å². The summed E-state index contributed by atoms with van der Waals surface area (Å²) >= 11 is 0. The van der Waals surface area contributed by atoms with E-state index in [1.165, 1.54) is 0 Å². The van der Waals surface area contributed by atoms with Crippen molar-refractivity contribution in [1.82, 2.24) is 5.32 Å². The predicted octanol–water partition coefficient (Wildman–Crippen LogP) is 4.19. The fourth-order valence-electron chi connectivity index (χ4n) is 2.89. The van der Waals surface area contributed by atoms with Crippen LogP contribution < -0.4 is 15.4 Å². The molecule has 0 aliphatic carbocycles. The second-order valence-electron chi connectivity index (χ2n) is 6.36. The van der Waals surface area contributed by atoms with E-state index in [0.29, 0.717) is 29.1 Å². The molecule has 0 saturated heterocycles. The number of ether oxygens (including phenoxy) is 1. The third kappa shape index (κ3) is 4.57. The molecule has 2 N–H and O–H groups in total. The fourth-order valence-corrected chi connectivity index (χ4v) is 2.89. The Morgan fingerprint density at radius 1 is 0.893 bits per heavy atom. The summed E-state index contributed by atoms with van der Waals surface area (Å²) in [5.41, 5.74) is 3.28. The molecule has 3 rings (SSSR count). The van der Waals surface area contributed by atoms with E-state index in [1.807, 2.05) is 43.3 Å². The summed E-state index contributed by atoms with van der Waals surface area (Å²) < 4.78 is 5.31. The number of benzene rings is 3. The average molecular weight is 374 g/mol. The van der Waals surface area contributed by atoms with Crippen molar-refractivity contribution in [3.05, 3.63) is 95.1 Å². The van der Waals surface area contributed by atoms with Crippen LogP contribution in [0, 0.1) is 6.92 Å². The van der Waals surface area contributed by atoms with Gasteiger partial charge in [0.15, 0.2) is 0 Å². The van der Waals surface area contributed by atoms with Crippen LogP contribution in [0.1, 0.15) is 31.8 Å². The molecule has 0 atom stereocenters. The van der Waals surface area contributed by atoms with Crippen LogP contribution in [0.3, 0.4) is 0 Å². The van der Waals surface area contributed by atoms with E-state index in [2.05, 4.69) is 10.6 Å². The van der Waals surface area contributed by atoms with Gasteiger partial charge in [0.25, 0.3) is 11.8 Å². The minimum Gasteiger partial charge on any atom is -0.496 e. The molecule has 0 fully saturated rings. The maximum atomic E-state index is 12.7. The number of carbonyl (C=O) groups excluding carboxylic acids is 2. The molecule has 0 spiro atoms. The number of hydrogen-bond donors (Lipinski definition) is 2. The van der Waals surface area contributed by atoms with Crippen LogP contribution in [-0.4, -0.2) is 18.9 Å². The lowest BCUT2D eigenvalue weighted by atomic mass is 10.1. The highest BCUT2D eigenvalue weighted by molar-refractivity contribution is 6.09. The van der Waals surface area contributed by atoms with E-state index >= 15 is 0 Å². The van der Waals surface area contributed by atoms with Gasteiger partial charge in [-0.3, -0.25) is 9.59 Å². The number of carbonyl (C=O) groups is 2. The third-order valence-corrected chi connectivity index (χ3v) is 4.33. The Morgan fingerprint density at radius 2 is 1.64 bits per heavy atom. The fraction of sp³-hybridized carbons (Fsp3) is 0.130. The highest BCUT2D eigenvalue weighted by atomic mass is 16.5. The van der Waals surface area contributed by atoms with E-state index in [4.69, 9.17) is 4.74 Å². The van der Waals surface area contributed by atoms with Crippen molar-refractivity contribution in [2.75, 3.05) is 12.4 Å². The highest BCUT2D eigenvalue weighted by Gasteiger charge is 2.14. The zero-order valence-electron chi connectivity index (χ0n) is 15.9. The van der Waals surface area contributed by atoms with Crippen LogP contribution in [0.5, 0.6) is 5.75 Å². The minimum atomic E-state index is -0.272. The first-order chi connectivity index (χ1) is 13.6. The van der Waals surface area contributed by atoms with Crippen molar-refractivity contribution in [2.24, 2.45) is 0 Å². The quantitative estimate of drug-likeness (QED) is 0.680. The lowest BCUT2D eigenvalue weighted by Gasteiger charge is -2.13. The molecule has 0 bridgehead atoms. The number of anilines is 1. The maximum Gasteiger partial charge on any atom is 0.255 e. The zero-order chi connectivity index (χ0) is 19.9. The molecule has 0 aromatic heterocycles. The second kappa shape index (κ2) is 8.86. The van der Waals surface area contributed by atoms with Gasteiger partial charge in [0.1, 0.15) is 5.75 Å². The smallest absolute Gasteiger partial charge is 0.255 e. The summed E-state index contributed by atoms with van der Waals surface area (Å²) in [6.07, 6.45) is 0. The Balaban J connectivity index is 1.74. The van der Waals surface area contributed by atoms with Crippen molar-refractivity contribution in [3.63, 3.8) is 0 Å². The summed E-state index contributed by atoms with van der Waals surface area (Å²) in [6.45, 7) is 2.25. The number of para-hydroxylation sites is 2. The summed E-state index contributed by atoms with van der Waals surface area (Å²) in [5, 5.41) is 5.71. The summed E-state index contributed by atoms with van der Waals surface area (Å²) in [6, 6.07) is 21.7. The van der Waals surface area contributed by atoms with E-state index in [9.17, 15) is 9.59 Å². The van der Waals surface area contributed by atoms with Crippen molar-refractivity contribution < 1.29 is 14.3 Å². The molecule has 0 heterocycles. The van der Waals surface area contributed by atoms with Gasteiger partial charge in [-0.15, -0.1) is 0 Å². The molecular weight excluding hydrogens is 352 g/mol. The molecule has 3 aromatic rings. The Bertz CT molecular complexity index is 998. The van der Waals surface area contributed by atoms with Gasteiger partial charge in [0.05, 0.1) is 18.4 Å². The lowest BCUT2D eigenvalue weighted by Crippen LogP contribution is -2.25. The number of aryl methyl sites for hydroxylation is 1. The molecule has 0 aliphatic rings. The first-order valence-electron chi connectivity index (χ1n) is 8.95. The first-order valence-corrected chi connectivity index (χ1v) is 8.95. The normalized spacial score (nSPS) is 10.2. The Hall–Kier alpha value is -3.60. The molecule has 0 saturated carbocycles. The van der Waals surface area contributed by atoms with Gasteiger partial charge in [-0.25, -0.2) is 0 Å². The molecule has 0 aliphatic heterocycles. The molecule has 142 valence electrons. The van der Waals surface area contributed by atoms with Crippen LogP contribution in [0.2, 0.25) is 0 Å². The molecule has 3 aromatic carbocycles. The molecule has 0 unspecified atom stereocenters. The topological polar surface area (TPSA) is 67.4 Å². The van der Waals surface area contributed by atoms with Crippen molar-refractivity contribution >= 4 is 17.5 Å². The van der Waals surface area contributed by atoms with Gasteiger partial charge in [-0.1, -0.05) is 48.0 Å². The molecule has 5 heteroatoms. The van der Waals surface area contributed by atoms with Crippen molar-refractivity contribution in [1.29, 1.82) is 0 Å². The number of hydrogen-bond acceptors (Lipinski definition) is 3. The van der Waals surface area contributed by atoms with Crippen molar-refractivity contribution in [3.8, 4) is 5.75 Å². The highest BCUT2D eigenvalue weighted by Crippen LogP contribution is 2.19. The Labute approximate surface area is 164 Å². The molecule has 28 heavy (non-hydrogen) atoms. The zero-order valence-corrected chi connectivity index (χ0v) is 15.9. The molecule has 5 nitrogen and oxygen atoms in total. The average Bonchev–Trinajstić information content (AvgIpc) is 2.72. The molecule has 0 radical (unpaired) electrons. The van der Waals surface area contributed by atoms with Crippen LogP contribution in [0.4, 0.5) is 5.69 Å². The summed E-state index contributed by atoms with van der Waals surface area (Å²) in [7, 11) is 1.59. The van der Waals surface area contributed by atoms with E-state index in [0.717, 1.165) is 11.1 Å². The Morgan fingerprint density at radius 3 is 2.43 bits per heavy atom. The van der Waals surface area contributed by atoms with Crippen molar-refractivity contribution in [2.45, 2.75) is 13.5 Å². The van der Waals surface area contributed by atoms with Crippen LogP contribution >= 0.6 is 0 Å². The van der Waals surface area contributed by atoms with Crippen LogP contribution in [0.25, 0.3) is 0 Å². The van der Waals surface area contributed by atoms with Crippen LogP contribution in [-0.2, 0) is 6.54 Å². The van der Waals surface area contributed by atoms with Gasteiger partial charge in [0, 0.05) is 17.7 Å². The Kier molecular flexibility index (Phi) is 6.07. The standard InChI is InChI=1S/C23H22N2O3/c1-16-8-7-10-17(14-16)22(26)25-20-12-5-4-11-19(20)23(27)24-15-18-9-3-6-13-21(18)28-2/h3-14H,15H2,1-2H3,(H,24,27)(H,25,26). The van der Waals surface area contributed by atoms with E-state index in [-0.39, 0.29) is 11.8 Å². The summed E-state index contributed by atoms with van der Waals surface area (Å²) in [5.74, 6) is 0.184. The monoisotopic (exact) mass is 374 g/mol. The number of methoxy groups -OCH3 is 1. The minimum absolute atomic E-state index is 0.256. The van der Waals surface area contributed by atoms with Crippen LogP contribution in [0.15, 0.2) is 72.8 Å². The molecular formula is C23H22N2O3. The molecule has 2 amide bonds. The lowest BCUT2D eigenvalue weighted by molar-refractivity contribution is 0.0951. The summed E-state index contributed by atoms with van der Waals surface area (Å²) in [4.78, 5) is 25.3.